The molecule has 1 aromatic heterocycles. The fraction of sp³-hybridized carbons (Fsp3) is 0.304. The van der Waals surface area contributed by atoms with Gasteiger partial charge in [-0.25, -0.2) is 4.98 Å². The van der Waals surface area contributed by atoms with Crippen molar-refractivity contribution in [1.82, 2.24) is 14.5 Å². The quantitative estimate of drug-likeness (QED) is 0.697. The molecule has 0 aliphatic carbocycles. The summed E-state index contributed by atoms with van der Waals surface area (Å²) < 4.78 is 2.14. The summed E-state index contributed by atoms with van der Waals surface area (Å²) in [7, 11) is 0. The van der Waals surface area contributed by atoms with Gasteiger partial charge in [0.1, 0.15) is 0 Å². The lowest BCUT2D eigenvalue weighted by atomic mass is 9.84. The van der Waals surface area contributed by atoms with E-state index in [0.717, 1.165) is 43.0 Å². The molecule has 29 heavy (non-hydrogen) atoms. The first kappa shape index (κ1) is 19.7. The van der Waals surface area contributed by atoms with Gasteiger partial charge in [-0.05, 0) is 48.2 Å². The van der Waals surface area contributed by atoms with Crippen LogP contribution in [-0.2, 0) is 18.7 Å². The molecule has 0 bridgehead atoms. The third kappa shape index (κ3) is 4.51. The van der Waals surface area contributed by atoms with Crippen LogP contribution < -0.4 is 0 Å². The maximum absolute atomic E-state index is 11.1. The van der Waals surface area contributed by atoms with Crippen molar-refractivity contribution in [2.24, 2.45) is 0 Å². The molecule has 148 valence electrons. The van der Waals surface area contributed by atoms with Gasteiger partial charge in [-0.15, -0.1) is 0 Å². The number of hydrogen-bond donors (Lipinski definition) is 1. The molecule has 2 aromatic carbocycles. The number of likely N-dealkylation sites (tertiary alicyclic amines) is 1. The summed E-state index contributed by atoms with van der Waals surface area (Å²) in [6.45, 7) is 3.14. The molecule has 5 nitrogen and oxygen atoms in total. The smallest absolute Gasteiger partial charge is 0.0991 e. The van der Waals surface area contributed by atoms with Gasteiger partial charge in [0.15, 0.2) is 0 Å². The van der Waals surface area contributed by atoms with E-state index in [-0.39, 0.29) is 0 Å². The molecule has 6 heteroatoms. The average molecular weight is 407 g/mol. The van der Waals surface area contributed by atoms with Crippen LogP contribution in [0.1, 0.15) is 35.2 Å². The molecule has 1 aliphatic heterocycles. The Morgan fingerprint density at radius 1 is 1.10 bits per heavy atom. The van der Waals surface area contributed by atoms with Crippen LogP contribution in [0, 0.1) is 11.3 Å². The third-order valence-corrected chi connectivity index (χ3v) is 5.90. The summed E-state index contributed by atoms with van der Waals surface area (Å²) in [6, 6.07) is 17.3. The standard InChI is InChI=1S/C23H23ClN4O/c24-21-3-1-2-20(12-21)23(29)8-10-27(11-9-23)16-22-14-26-17-28(22)15-19-6-4-18(13-25)5-7-19/h1-7,12,14,17,29H,8-11,15-16H2. The van der Waals surface area contributed by atoms with Crippen LogP contribution in [0.5, 0.6) is 0 Å². The normalized spacial score (nSPS) is 16.4. The van der Waals surface area contributed by atoms with Crippen molar-refractivity contribution >= 4 is 11.6 Å². The van der Waals surface area contributed by atoms with Crippen LogP contribution in [-0.4, -0.2) is 32.6 Å². The lowest BCUT2D eigenvalue weighted by molar-refractivity contribution is -0.0281. The van der Waals surface area contributed by atoms with Crippen molar-refractivity contribution in [1.29, 1.82) is 5.26 Å². The maximum Gasteiger partial charge on any atom is 0.0991 e. The predicted octanol–water partition coefficient (Wildman–Crippen LogP) is 3.94. The number of imidazole rings is 1. The second-order valence-corrected chi connectivity index (χ2v) is 8.08. The zero-order chi connectivity index (χ0) is 20.3. The number of rotatable bonds is 5. The van der Waals surface area contributed by atoms with E-state index in [4.69, 9.17) is 16.9 Å². The lowest BCUT2D eigenvalue weighted by Gasteiger charge is -2.38. The molecule has 2 heterocycles. The van der Waals surface area contributed by atoms with E-state index in [0.29, 0.717) is 23.4 Å². The highest BCUT2D eigenvalue weighted by molar-refractivity contribution is 6.30. The summed E-state index contributed by atoms with van der Waals surface area (Å²) in [4.78, 5) is 6.68. The molecule has 3 aromatic rings. The van der Waals surface area contributed by atoms with E-state index in [9.17, 15) is 5.11 Å². The molecular weight excluding hydrogens is 384 g/mol. The number of aromatic nitrogens is 2. The second kappa shape index (κ2) is 8.38. The highest BCUT2D eigenvalue weighted by atomic mass is 35.5. The number of aliphatic hydroxyl groups is 1. The minimum absolute atomic E-state index is 0.657. The summed E-state index contributed by atoms with van der Waals surface area (Å²) >= 11 is 6.10. The van der Waals surface area contributed by atoms with Crippen molar-refractivity contribution in [3.63, 3.8) is 0 Å². The Kier molecular flexibility index (Phi) is 5.68. The van der Waals surface area contributed by atoms with Gasteiger partial charge in [-0.3, -0.25) is 4.90 Å². The number of benzene rings is 2. The molecule has 0 spiro atoms. The predicted molar refractivity (Wildman–Crippen MR) is 112 cm³/mol. The minimum atomic E-state index is -0.815. The lowest BCUT2D eigenvalue weighted by Crippen LogP contribution is -2.42. The number of hydrogen-bond acceptors (Lipinski definition) is 4. The van der Waals surface area contributed by atoms with Crippen molar-refractivity contribution in [3.8, 4) is 6.07 Å². The first-order valence-electron chi connectivity index (χ1n) is 9.74. The van der Waals surface area contributed by atoms with E-state index < -0.39 is 5.60 Å². The highest BCUT2D eigenvalue weighted by Gasteiger charge is 2.34. The van der Waals surface area contributed by atoms with E-state index >= 15 is 0 Å². The molecule has 1 saturated heterocycles. The second-order valence-electron chi connectivity index (χ2n) is 7.64. The average Bonchev–Trinajstić information content (AvgIpc) is 3.17. The monoisotopic (exact) mass is 406 g/mol. The summed E-state index contributed by atoms with van der Waals surface area (Å²) in [5.74, 6) is 0. The van der Waals surface area contributed by atoms with Crippen LogP contribution in [0.4, 0.5) is 0 Å². The summed E-state index contributed by atoms with van der Waals surface area (Å²) in [5.41, 5.74) is 3.03. The topological polar surface area (TPSA) is 65.1 Å². The van der Waals surface area contributed by atoms with Crippen LogP contribution in [0.3, 0.4) is 0 Å². The summed E-state index contributed by atoms with van der Waals surface area (Å²) in [6.07, 6.45) is 5.11. The zero-order valence-electron chi connectivity index (χ0n) is 16.1. The van der Waals surface area contributed by atoms with Crippen LogP contribution in [0.25, 0.3) is 0 Å². The van der Waals surface area contributed by atoms with Crippen molar-refractivity contribution in [2.75, 3.05) is 13.1 Å². The largest absolute Gasteiger partial charge is 0.385 e. The molecule has 0 saturated carbocycles. The van der Waals surface area contributed by atoms with Gasteiger partial charge < -0.3 is 9.67 Å². The molecule has 4 rings (SSSR count). The molecule has 1 fully saturated rings. The molecular formula is C23H23ClN4O. The van der Waals surface area contributed by atoms with E-state index in [2.05, 4.69) is 20.5 Å². The Morgan fingerprint density at radius 3 is 2.55 bits per heavy atom. The van der Waals surface area contributed by atoms with Gasteiger partial charge in [0.25, 0.3) is 0 Å². The Bertz CT molecular complexity index is 1010. The Balaban J connectivity index is 1.39. The zero-order valence-corrected chi connectivity index (χ0v) is 16.9. The molecule has 0 atom stereocenters. The van der Waals surface area contributed by atoms with E-state index in [1.165, 1.54) is 0 Å². The molecule has 0 unspecified atom stereocenters. The first-order chi connectivity index (χ1) is 14.1. The number of nitrogens with zero attached hydrogens (tertiary/aromatic N) is 4. The van der Waals surface area contributed by atoms with E-state index in [1.54, 1.807) is 0 Å². The van der Waals surface area contributed by atoms with Crippen LogP contribution in [0.15, 0.2) is 61.1 Å². The van der Waals surface area contributed by atoms with Gasteiger partial charge in [0, 0.05) is 37.4 Å². The Labute approximate surface area is 175 Å². The maximum atomic E-state index is 11.1. The minimum Gasteiger partial charge on any atom is -0.385 e. The molecule has 0 amide bonds. The molecule has 0 radical (unpaired) electrons. The van der Waals surface area contributed by atoms with Crippen LogP contribution in [0.2, 0.25) is 5.02 Å². The van der Waals surface area contributed by atoms with Gasteiger partial charge in [0.2, 0.25) is 0 Å². The third-order valence-electron chi connectivity index (χ3n) is 5.67. The van der Waals surface area contributed by atoms with Gasteiger partial charge in [0.05, 0.1) is 29.3 Å². The highest BCUT2D eigenvalue weighted by Crippen LogP contribution is 2.34. The fourth-order valence-electron chi connectivity index (χ4n) is 3.88. The number of piperidine rings is 1. The Hall–Kier alpha value is -2.65. The van der Waals surface area contributed by atoms with Crippen molar-refractivity contribution < 1.29 is 5.11 Å². The molecule has 1 aliphatic rings. The van der Waals surface area contributed by atoms with Crippen LogP contribution >= 0.6 is 11.6 Å². The van der Waals surface area contributed by atoms with Gasteiger partial charge in [-0.2, -0.15) is 5.26 Å². The van der Waals surface area contributed by atoms with Crippen molar-refractivity contribution in [2.45, 2.75) is 31.5 Å². The fourth-order valence-corrected chi connectivity index (χ4v) is 4.07. The first-order valence-corrected chi connectivity index (χ1v) is 10.1. The Morgan fingerprint density at radius 2 is 1.86 bits per heavy atom. The molecule has 1 N–H and O–H groups in total. The number of halogens is 1. The summed E-state index contributed by atoms with van der Waals surface area (Å²) in [5, 5.41) is 20.7. The number of nitriles is 1. The van der Waals surface area contributed by atoms with Gasteiger partial charge in [-0.1, -0.05) is 35.9 Å². The van der Waals surface area contributed by atoms with Gasteiger partial charge >= 0.3 is 0 Å². The SMILES string of the molecule is N#Cc1ccc(Cn2cncc2CN2CCC(O)(c3cccc(Cl)c3)CC2)cc1. The van der Waals surface area contributed by atoms with Crippen molar-refractivity contribution in [3.05, 3.63) is 88.5 Å². The van der Waals surface area contributed by atoms with E-state index in [1.807, 2.05) is 61.1 Å².